The Bertz CT molecular complexity index is 1160. The van der Waals surface area contributed by atoms with E-state index in [1.54, 1.807) is 31.5 Å². The molecule has 1 aliphatic rings. The molecule has 2 heterocycles. The second-order valence-electron chi connectivity index (χ2n) is 7.64. The summed E-state index contributed by atoms with van der Waals surface area (Å²) in [4.78, 5) is 12.9. The topological polar surface area (TPSA) is 91.9 Å². The number of alkyl halides is 2. The van der Waals surface area contributed by atoms with Crippen LogP contribution in [0.25, 0.3) is 11.1 Å². The largest absolute Gasteiger partial charge is 0.462 e. The van der Waals surface area contributed by atoms with Gasteiger partial charge in [-0.3, -0.25) is 0 Å². The molecule has 0 saturated heterocycles. The van der Waals surface area contributed by atoms with Crippen LogP contribution in [0.1, 0.15) is 29.2 Å². The predicted molar refractivity (Wildman–Crippen MR) is 119 cm³/mol. The van der Waals surface area contributed by atoms with Gasteiger partial charge in [0.2, 0.25) is 0 Å². The molecule has 9 heteroatoms. The highest BCUT2D eigenvalue weighted by Gasteiger charge is 2.41. The molecule has 0 amide bonds. The minimum absolute atomic E-state index is 0.0559. The first-order valence-corrected chi connectivity index (χ1v) is 10.4. The van der Waals surface area contributed by atoms with Gasteiger partial charge in [0.25, 0.3) is 6.02 Å². The van der Waals surface area contributed by atoms with Crippen LogP contribution in [0.4, 0.5) is 8.78 Å². The molecule has 0 bridgehead atoms. The molecule has 0 spiro atoms. The van der Waals surface area contributed by atoms with Crippen molar-refractivity contribution in [2.45, 2.75) is 32.6 Å². The molecule has 1 atom stereocenters. The lowest BCUT2D eigenvalue weighted by molar-refractivity contribution is -0.0503. The van der Waals surface area contributed by atoms with Gasteiger partial charge in [0, 0.05) is 24.6 Å². The first kappa shape index (κ1) is 22.6. The number of benzene rings is 2. The van der Waals surface area contributed by atoms with Gasteiger partial charge in [-0.25, -0.2) is 15.0 Å². The zero-order valence-electron chi connectivity index (χ0n) is 18.3. The van der Waals surface area contributed by atoms with E-state index >= 15 is 0 Å². The average Bonchev–Trinajstić information content (AvgIpc) is 3.22. The summed E-state index contributed by atoms with van der Waals surface area (Å²) in [6.07, 6.45) is 4.93. The maximum atomic E-state index is 12.7. The SMILES string of the molecule is CCOCc1cc(-c2cncnc2)cc(C2(c3ccc(OC(F)F)c(C)c3)COC(N)=N2)c1. The van der Waals surface area contributed by atoms with Crippen molar-refractivity contribution in [3.8, 4) is 16.9 Å². The van der Waals surface area contributed by atoms with Crippen molar-refractivity contribution in [2.75, 3.05) is 13.2 Å². The molecule has 4 rings (SSSR count). The Morgan fingerprint density at radius 2 is 1.88 bits per heavy atom. The van der Waals surface area contributed by atoms with Crippen LogP contribution in [0.2, 0.25) is 0 Å². The lowest BCUT2D eigenvalue weighted by atomic mass is 9.81. The van der Waals surface area contributed by atoms with Gasteiger partial charge in [-0.1, -0.05) is 12.1 Å². The van der Waals surface area contributed by atoms with Gasteiger partial charge in [-0.05, 0) is 65.9 Å². The molecule has 0 fully saturated rings. The van der Waals surface area contributed by atoms with Crippen LogP contribution in [0.15, 0.2) is 60.1 Å². The Morgan fingerprint density at radius 3 is 2.52 bits per heavy atom. The number of nitrogens with two attached hydrogens (primary N) is 1. The van der Waals surface area contributed by atoms with E-state index in [1.807, 2.05) is 25.1 Å². The lowest BCUT2D eigenvalue weighted by Gasteiger charge is -2.27. The minimum Gasteiger partial charge on any atom is -0.462 e. The fourth-order valence-electron chi connectivity index (χ4n) is 3.88. The van der Waals surface area contributed by atoms with E-state index in [1.165, 1.54) is 12.4 Å². The summed E-state index contributed by atoms with van der Waals surface area (Å²) < 4.78 is 41.3. The summed E-state index contributed by atoms with van der Waals surface area (Å²) in [5.41, 5.74) is 9.74. The van der Waals surface area contributed by atoms with E-state index in [-0.39, 0.29) is 18.4 Å². The minimum atomic E-state index is -2.90. The molecule has 2 N–H and O–H groups in total. The van der Waals surface area contributed by atoms with Crippen molar-refractivity contribution in [3.63, 3.8) is 0 Å². The van der Waals surface area contributed by atoms with Crippen molar-refractivity contribution in [1.29, 1.82) is 0 Å². The molecule has 7 nitrogen and oxygen atoms in total. The van der Waals surface area contributed by atoms with E-state index in [4.69, 9.17) is 15.2 Å². The number of hydrogen-bond donors (Lipinski definition) is 1. The van der Waals surface area contributed by atoms with Crippen LogP contribution in [0, 0.1) is 6.92 Å². The summed E-state index contributed by atoms with van der Waals surface area (Å²) in [7, 11) is 0. The quantitative estimate of drug-likeness (QED) is 0.549. The van der Waals surface area contributed by atoms with Crippen LogP contribution in [-0.2, 0) is 21.6 Å². The predicted octanol–water partition coefficient (Wildman–Crippen LogP) is 4.18. The van der Waals surface area contributed by atoms with Crippen LogP contribution >= 0.6 is 0 Å². The molecular weight excluding hydrogens is 430 g/mol. The first-order valence-electron chi connectivity index (χ1n) is 10.4. The fourth-order valence-corrected chi connectivity index (χ4v) is 3.88. The molecule has 0 saturated carbocycles. The number of nitrogens with zero attached hydrogens (tertiary/aromatic N) is 3. The zero-order chi connectivity index (χ0) is 23.4. The highest BCUT2D eigenvalue weighted by molar-refractivity contribution is 5.76. The number of aryl methyl sites for hydroxylation is 1. The van der Waals surface area contributed by atoms with Crippen molar-refractivity contribution >= 4 is 6.02 Å². The maximum absolute atomic E-state index is 12.7. The molecule has 1 unspecified atom stereocenters. The molecule has 2 aromatic carbocycles. The number of hydrogen-bond acceptors (Lipinski definition) is 7. The van der Waals surface area contributed by atoms with Crippen molar-refractivity contribution in [2.24, 2.45) is 10.7 Å². The number of aromatic nitrogens is 2. The summed E-state index contributed by atoms with van der Waals surface area (Å²) in [5.74, 6) is 0.104. The summed E-state index contributed by atoms with van der Waals surface area (Å²) in [6, 6.07) is 11.0. The van der Waals surface area contributed by atoms with Gasteiger partial charge < -0.3 is 19.9 Å². The van der Waals surface area contributed by atoms with Gasteiger partial charge >= 0.3 is 6.61 Å². The second kappa shape index (κ2) is 9.50. The summed E-state index contributed by atoms with van der Waals surface area (Å²) in [5, 5.41) is 0. The van der Waals surface area contributed by atoms with E-state index in [0.717, 1.165) is 27.8 Å². The number of rotatable bonds is 8. The van der Waals surface area contributed by atoms with Gasteiger partial charge in [0.15, 0.2) is 5.54 Å². The Labute approximate surface area is 190 Å². The van der Waals surface area contributed by atoms with E-state index in [9.17, 15) is 8.78 Å². The third kappa shape index (κ3) is 4.78. The van der Waals surface area contributed by atoms with Gasteiger partial charge in [-0.2, -0.15) is 8.78 Å². The van der Waals surface area contributed by atoms with E-state index < -0.39 is 12.2 Å². The maximum Gasteiger partial charge on any atom is 0.387 e. The summed E-state index contributed by atoms with van der Waals surface area (Å²) in [6.45, 7) is 1.86. The highest BCUT2D eigenvalue weighted by Crippen LogP contribution is 2.41. The Morgan fingerprint density at radius 1 is 1.09 bits per heavy atom. The third-order valence-electron chi connectivity index (χ3n) is 5.44. The monoisotopic (exact) mass is 454 g/mol. The Kier molecular flexibility index (Phi) is 6.50. The second-order valence-corrected chi connectivity index (χ2v) is 7.64. The molecule has 3 aromatic rings. The molecule has 0 aliphatic carbocycles. The molecule has 33 heavy (non-hydrogen) atoms. The Balaban J connectivity index is 1.86. The van der Waals surface area contributed by atoms with E-state index in [0.29, 0.717) is 18.8 Å². The first-order chi connectivity index (χ1) is 15.9. The van der Waals surface area contributed by atoms with Crippen molar-refractivity contribution < 1.29 is 23.0 Å². The van der Waals surface area contributed by atoms with Crippen LogP contribution < -0.4 is 10.5 Å². The van der Waals surface area contributed by atoms with Crippen LogP contribution in [0.3, 0.4) is 0 Å². The highest BCUT2D eigenvalue weighted by atomic mass is 19.3. The lowest BCUT2D eigenvalue weighted by Crippen LogP contribution is -2.27. The Hall–Kier alpha value is -3.59. The molecule has 172 valence electrons. The zero-order valence-corrected chi connectivity index (χ0v) is 18.3. The third-order valence-corrected chi connectivity index (χ3v) is 5.44. The van der Waals surface area contributed by atoms with Crippen LogP contribution in [0.5, 0.6) is 5.75 Å². The van der Waals surface area contributed by atoms with Gasteiger partial charge in [-0.15, -0.1) is 0 Å². The van der Waals surface area contributed by atoms with Gasteiger partial charge in [0.1, 0.15) is 18.7 Å². The number of ether oxygens (including phenoxy) is 3. The molecule has 1 aliphatic heterocycles. The van der Waals surface area contributed by atoms with Crippen LogP contribution in [-0.4, -0.2) is 35.8 Å². The normalized spacial score (nSPS) is 17.7. The van der Waals surface area contributed by atoms with Gasteiger partial charge in [0.05, 0.1) is 6.61 Å². The smallest absolute Gasteiger partial charge is 0.387 e. The number of amidine groups is 1. The van der Waals surface area contributed by atoms with E-state index in [2.05, 4.69) is 19.7 Å². The number of halogens is 2. The molecular formula is C24H24F2N4O3. The fraction of sp³-hybridized carbons (Fsp3) is 0.292. The molecule has 0 radical (unpaired) electrons. The van der Waals surface area contributed by atoms with Crippen molar-refractivity contribution in [3.05, 3.63) is 77.4 Å². The average molecular weight is 454 g/mol. The molecule has 1 aromatic heterocycles. The standard InChI is InChI=1S/C24H24F2N4O3/c1-3-31-12-16-7-17(18-10-28-14-29-11-18)9-20(8-16)24(13-32-23(27)30-24)19-4-5-21(15(2)6-19)33-22(25)26/h4-11,14,22H,3,12-13H2,1-2H3,(H2,27,30). The summed E-state index contributed by atoms with van der Waals surface area (Å²) >= 11 is 0. The number of aliphatic imine (C=N–C) groups is 1. The van der Waals surface area contributed by atoms with Crippen molar-refractivity contribution in [1.82, 2.24) is 9.97 Å².